The van der Waals surface area contributed by atoms with Crippen LogP contribution in [0.3, 0.4) is 0 Å². The van der Waals surface area contributed by atoms with Gasteiger partial charge in [-0.2, -0.15) is 5.10 Å². The maximum atomic E-state index is 13.9. The van der Waals surface area contributed by atoms with Gasteiger partial charge in [-0.15, -0.1) is 0 Å². The molecule has 0 fully saturated rings. The lowest BCUT2D eigenvalue weighted by Crippen LogP contribution is -1.92. The van der Waals surface area contributed by atoms with E-state index in [9.17, 15) is 4.39 Å². The first-order chi connectivity index (χ1) is 16.0. The molecular formula is C26H21FN6. The minimum Gasteiger partial charge on any atom is -0.340 e. The Bertz CT molecular complexity index is 1530. The lowest BCUT2D eigenvalue weighted by molar-refractivity contribution is 0.627. The third-order valence-corrected chi connectivity index (χ3v) is 5.56. The van der Waals surface area contributed by atoms with E-state index in [4.69, 9.17) is 4.98 Å². The zero-order chi connectivity index (χ0) is 22.9. The lowest BCUT2D eigenvalue weighted by Gasteiger charge is -2.06. The van der Waals surface area contributed by atoms with Crippen LogP contribution >= 0.6 is 0 Å². The molecule has 1 aromatic carbocycles. The van der Waals surface area contributed by atoms with Gasteiger partial charge in [-0.3, -0.25) is 10.1 Å². The standard InChI is InChI=1S/C26H21FN6/c1-4-6-20(17-7-5-8-19(27)11-17)23-16(3)30-26(31-23)24-21-12-18(13-29-25(21)33-32-24)22-14-28-10-9-15(22)2/h4-14H,1H2,2-3H3,(H,30,31)(H,29,32,33)/b20-6-. The third-order valence-electron chi connectivity index (χ3n) is 5.56. The van der Waals surface area contributed by atoms with E-state index < -0.39 is 0 Å². The van der Waals surface area contributed by atoms with Gasteiger partial charge in [0.2, 0.25) is 0 Å². The zero-order valence-corrected chi connectivity index (χ0v) is 18.2. The number of hydrogen-bond acceptors (Lipinski definition) is 4. The summed E-state index contributed by atoms with van der Waals surface area (Å²) in [4.78, 5) is 16.9. The molecule has 6 nitrogen and oxygen atoms in total. The Morgan fingerprint density at radius 1 is 1.12 bits per heavy atom. The number of nitrogens with one attached hydrogen (secondary N) is 2. The average molecular weight is 436 g/mol. The second-order valence-electron chi connectivity index (χ2n) is 7.77. The Balaban J connectivity index is 1.62. The number of pyridine rings is 2. The van der Waals surface area contributed by atoms with Crippen molar-refractivity contribution in [1.82, 2.24) is 30.1 Å². The second kappa shape index (κ2) is 8.27. The first-order valence-electron chi connectivity index (χ1n) is 10.5. The van der Waals surface area contributed by atoms with Crippen molar-refractivity contribution in [3.05, 3.63) is 102 Å². The highest BCUT2D eigenvalue weighted by Gasteiger charge is 2.18. The first-order valence-corrected chi connectivity index (χ1v) is 10.5. The van der Waals surface area contributed by atoms with E-state index in [0.29, 0.717) is 17.2 Å². The number of aromatic nitrogens is 6. The summed E-state index contributed by atoms with van der Waals surface area (Å²) in [6.45, 7) is 7.78. The fourth-order valence-corrected chi connectivity index (χ4v) is 3.92. The summed E-state index contributed by atoms with van der Waals surface area (Å²) in [6, 6.07) is 10.4. The Labute approximate surface area is 190 Å². The zero-order valence-electron chi connectivity index (χ0n) is 18.2. The highest BCUT2D eigenvalue weighted by molar-refractivity contribution is 5.92. The number of hydrogen-bond donors (Lipinski definition) is 2. The van der Waals surface area contributed by atoms with Crippen LogP contribution in [0.1, 0.15) is 22.5 Å². The van der Waals surface area contributed by atoms with Crippen LogP contribution < -0.4 is 0 Å². The number of allylic oxidation sites excluding steroid dienone is 2. The number of imidazole rings is 1. The average Bonchev–Trinajstić information content (AvgIpc) is 3.40. The molecule has 0 saturated heterocycles. The van der Waals surface area contributed by atoms with E-state index in [1.165, 1.54) is 12.1 Å². The van der Waals surface area contributed by atoms with Gasteiger partial charge in [-0.05, 0) is 49.2 Å². The summed E-state index contributed by atoms with van der Waals surface area (Å²) in [5.74, 6) is 0.318. The predicted molar refractivity (Wildman–Crippen MR) is 128 cm³/mol. The summed E-state index contributed by atoms with van der Waals surface area (Å²) in [5, 5.41) is 8.26. The Morgan fingerprint density at radius 2 is 2.00 bits per heavy atom. The van der Waals surface area contributed by atoms with Crippen LogP contribution in [0.5, 0.6) is 0 Å². The Kier molecular flexibility index (Phi) is 5.14. The molecule has 0 aliphatic heterocycles. The molecule has 0 spiro atoms. The third kappa shape index (κ3) is 3.74. The SMILES string of the molecule is C=C/C=C(/c1cccc(F)c1)c1nc(-c2[nH]nc3ncc(-c4cnccc4C)cc23)[nH]c1C. The number of benzene rings is 1. The smallest absolute Gasteiger partial charge is 0.181 e. The van der Waals surface area contributed by atoms with Gasteiger partial charge in [0.15, 0.2) is 11.5 Å². The number of aryl methyl sites for hydroxylation is 2. The molecule has 0 aliphatic carbocycles. The van der Waals surface area contributed by atoms with E-state index in [0.717, 1.165) is 44.6 Å². The molecule has 162 valence electrons. The Hall–Kier alpha value is -4.39. The molecule has 5 aromatic rings. The maximum Gasteiger partial charge on any atom is 0.181 e. The van der Waals surface area contributed by atoms with Gasteiger partial charge >= 0.3 is 0 Å². The normalized spacial score (nSPS) is 11.8. The Morgan fingerprint density at radius 3 is 2.79 bits per heavy atom. The van der Waals surface area contributed by atoms with Crippen LogP contribution in [-0.2, 0) is 0 Å². The van der Waals surface area contributed by atoms with Crippen molar-refractivity contribution >= 4 is 16.6 Å². The van der Waals surface area contributed by atoms with Crippen LogP contribution in [0.2, 0.25) is 0 Å². The molecule has 7 heteroatoms. The van der Waals surface area contributed by atoms with Crippen LogP contribution in [0.4, 0.5) is 4.39 Å². The summed E-state index contributed by atoms with van der Waals surface area (Å²) in [5.41, 5.74) is 7.46. The van der Waals surface area contributed by atoms with Gasteiger partial charge in [-0.25, -0.2) is 14.4 Å². The van der Waals surface area contributed by atoms with Crippen molar-refractivity contribution in [3.63, 3.8) is 0 Å². The number of H-pyrrole nitrogens is 2. The molecule has 0 unspecified atom stereocenters. The number of aromatic amines is 2. The lowest BCUT2D eigenvalue weighted by atomic mass is 10.0. The van der Waals surface area contributed by atoms with Crippen molar-refractivity contribution < 1.29 is 4.39 Å². The molecule has 0 saturated carbocycles. The fourth-order valence-electron chi connectivity index (χ4n) is 3.92. The quantitative estimate of drug-likeness (QED) is 0.342. The molecule has 0 amide bonds. The summed E-state index contributed by atoms with van der Waals surface area (Å²) >= 11 is 0. The summed E-state index contributed by atoms with van der Waals surface area (Å²) < 4.78 is 13.9. The number of fused-ring (bicyclic) bond motifs is 1. The van der Waals surface area contributed by atoms with E-state index in [-0.39, 0.29) is 5.82 Å². The van der Waals surface area contributed by atoms with E-state index in [1.54, 1.807) is 24.5 Å². The molecule has 33 heavy (non-hydrogen) atoms. The van der Waals surface area contributed by atoms with Crippen molar-refractivity contribution in [1.29, 1.82) is 0 Å². The maximum absolute atomic E-state index is 13.9. The molecule has 0 atom stereocenters. The van der Waals surface area contributed by atoms with Crippen LogP contribution in [0.15, 0.2) is 73.7 Å². The van der Waals surface area contributed by atoms with Crippen molar-refractivity contribution in [2.75, 3.05) is 0 Å². The van der Waals surface area contributed by atoms with Crippen LogP contribution in [0, 0.1) is 19.7 Å². The van der Waals surface area contributed by atoms with Gasteiger partial charge in [0.25, 0.3) is 0 Å². The van der Waals surface area contributed by atoms with E-state index in [1.807, 2.05) is 44.3 Å². The van der Waals surface area contributed by atoms with Gasteiger partial charge in [0.05, 0.1) is 11.1 Å². The van der Waals surface area contributed by atoms with Gasteiger partial charge in [-0.1, -0.05) is 30.9 Å². The first kappa shape index (κ1) is 20.5. The van der Waals surface area contributed by atoms with Crippen molar-refractivity contribution in [2.45, 2.75) is 13.8 Å². The molecule has 4 aromatic heterocycles. The van der Waals surface area contributed by atoms with Gasteiger partial charge in [0, 0.05) is 41.0 Å². The molecular weight excluding hydrogens is 415 g/mol. The number of rotatable bonds is 5. The minimum atomic E-state index is -0.306. The molecule has 4 heterocycles. The van der Waals surface area contributed by atoms with Crippen molar-refractivity contribution in [3.8, 4) is 22.6 Å². The predicted octanol–water partition coefficient (Wildman–Crippen LogP) is 5.78. The molecule has 0 bridgehead atoms. The highest BCUT2D eigenvalue weighted by Crippen LogP contribution is 2.32. The van der Waals surface area contributed by atoms with Gasteiger partial charge in [0.1, 0.15) is 11.5 Å². The topological polar surface area (TPSA) is 83.1 Å². The van der Waals surface area contributed by atoms with E-state index >= 15 is 0 Å². The monoisotopic (exact) mass is 436 g/mol. The second-order valence-corrected chi connectivity index (χ2v) is 7.77. The molecule has 5 rings (SSSR count). The summed E-state index contributed by atoms with van der Waals surface area (Å²) in [6.07, 6.45) is 8.90. The van der Waals surface area contributed by atoms with Crippen molar-refractivity contribution in [2.24, 2.45) is 0 Å². The van der Waals surface area contributed by atoms with E-state index in [2.05, 4.69) is 31.7 Å². The molecule has 0 radical (unpaired) electrons. The highest BCUT2D eigenvalue weighted by atomic mass is 19.1. The van der Waals surface area contributed by atoms with Crippen LogP contribution in [0.25, 0.3) is 39.3 Å². The minimum absolute atomic E-state index is 0.306. The number of halogens is 1. The largest absolute Gasteiger partial charge is 0.340 e. The van der Waals surface area contributed by atoms with Crippen LogP contribution in [-0.4, -0.2) is 30.1 Å². The molecule has 2 N–H and O–H groups in total. The molecule has 0 aliphatic rings. The number of nitrogens with zero attached hydrogens (tertiary/aromatic N) is 4. The fraction of sp³-hybridized carbons (Fsp3) is 0.0769. The van der Waals surface area contributed by atoms with Gasteiger partial charge < -0.3 is 4.98 Å². The summed E-state index contributed by atoms with van der Waals surface area (Å²) in [7, 11) is 0.